The number of carbonyl (C=O) groups excluding carboxylic acids is 4. The monoisotopic (exact) mass is 857 g/mol. The van der Waals surface area contributed by atoms with Crippen molar-refractivity contribution in [2.45, 2.75) is 119 Å². The van der Waals surface area contributed by atoms with Crippen LogP contribution in [0.4, 0.5) is 4.79 Å². The van der Waals surface area contributed by atoms with Crippen LogP contribution in [0.5, 0.6) is 17.2 Å². The second kappa shape index (κ2) is 16.4. The Morgan fingerprint density at radius 2 is 1.66 bits per heavy atom. The van der Waals surface area contributed by atoms with E-state index >= 15 is 0 Å². The lowest BCUT2D eigenvalue weighted by molar-refractivity contribution is -0.141. The number of furan rings is 1. The van der Waals surface area contributed by atoms with Crippen LogP contribution in [-0.2, 0) is 29.1 Å². The zero-order valence-corrected chi connectivity index (χ0v) is 35.1. The third-order valence-electron chi connectivity index (χ3n) is 12.8. The van der Waals surface area contributed by atoms with Crippen LogP contribution in [0.2, 0.25) is 0 Å². The minimum Gasteiger partial charge on any atom is -0.497 e. The van der Waals surface area contributed by atoms with Crippen LogP contribution in [0.25, 0.3) is 33.0 Å². The molecule has 17 heteroatoms. The number of carbonyl (C=O) groups is 4. The SMILES string of the molecule is COc1ccc2c(O[C@@H]3C[C@H]4C(=O)N[C@]5(C(=O)NS(=O)(=O)C6CC6)C[C@H]5C=CCCCCC[C@H](NC(=O)OC5CCCC5)C(=O)N4C3)c3oc4cc(OC)ccc4c3nc2c1. The molecular formula is C44H51N5O11S. The number of ether oxygens (including phenoxy) is 4. The highest BCUT2D eigenvalue weighted by Gasteiger charge is 2.62. The van der Waals surface area contributed by atoms with Crippen molar-refractivity contribution in [2.75, 3.05) is 20.8 Å². The number of fused-ring (bicyclic) bond motifs is 6. The second-order valence-electron chi connectivity index (χ2n) is 17.0. The van der Waals surface area contributed by atoms with Gasteiger partial charge in [-0.25, -0.2) is 18.2 Å². The Bertz CT molecular complexity index is 2530. The zero-order valence-electron chi connectivity index (χ0n) is 34.3. The highest BCUT2D eigenvalue weighted by atomic mass is 32.2. The number of pyridine rings is 1. The largest absolute Gasteiger partial charge is 0.497 e. The van der Waals surface area contributed by atoms with E-state index in [2.05, 4.69) is 15.4 Å². The van der Waals surface area contributed by atoms with Gasteiger partial charge in [0.25, 0.3) is 5.91 Å². The summed E-state index contributed by atoms with van der Waals surface area (Å²) in [4.78, 5) is 63.0. The molecule has 4 heterocycles. The smallest absolute Gasteiger partial charge is 0.408 e. The summed E-state index contributed by atoms with van der Waals surface area (Å²) in [7, 11) is -0.794. The van der Waals surface area contributed by atoms with Gasteiger partial charge >= 0.3 is 6.09 Å². The summed E-state index contributed by atoms with van der Waals surface area (Å²) < 4.78 is 58.1. The van der Waals surface area contributed by atoms with Gasteiger partial charge in [0.05, 0.1) is 31.5 Å². The maximum absolute atomic E-state index is 14.8. The van der Waals surface area contributed by atoms with Gasteiger partial charge in [0.15, 0.2) is 11.3 Å². The molecule has 0 spiro atoms. The zero-order chi connectivity index (χ0) is 42.5. The first-order valence-corrected chi connectivity index (χ1v) is 22.9. The molecule has 0 unspecified atom stereocenters. The van der Waals surface area contributed by atoms with E-state index in [9.17, 15) is 27.6 Å². The van der Waals surface area contributed by atoms with Crippen LogP contribution in [-0.4, -0.2) is 98.0 Å². The van der Waals surface area contributed by atoms with Crippen LogP contribution >= 0.6 is 0 Å². The molecule has 3 N–H and O–H groups in total. The van der Waals surface area contributed by atoms with Crippen molar-refractivity contribution in [3.8, 4) is 17.2 Å². The third-order valence-corrected chi connectivity index (χ3v) is 14.6. The summed E-state index contributed by atoms with van der Waals surface area (Å²) in [6.07, 6.45) is 9.86. The summed E-state index contributed by atoms with van der Waals surface area (Å²) in [6, 6.07) is 8.63. The molecule has 0 bridgehead atoms. The fourth-order valence-corrected chi connectivity index (χ4v) is 10.4. The Kier molecular flexibility index (Phi) is 10.9. The minimum absolute atomic E-state index is 0.00487. The lowest BCUT2D eigenvalue weighted by Crippen LogP contribution is -2.58. The molecule has 4 amide bonds. The van der Waals surface area contributed by atoms with Crippen LogP contribution in [0, 0.1) is 5.92 Å². The predicted octanol–water partition coefficient (Wildman–Crippen LogP) is 5.54. The van der Waals surface area contributed by atoms with Crippen molar-refractivity contribution in [3.63, 3.8) is 0 Å². The quantitative estimate of drug-likeness (QED) is 0.178. The highest BCUT2D eigenvalue weighted by molar-refractivity contribution is 7.91. The fraction of sp³-hybridized carbons (Fsp3) is 0.523. The molecule has 5 aliphatic rings. The molecule has 3 saturated carbocycles. The Morgan fingerprint density at radius 1 is 0.918 bits per heavy atom. The number of hydrogen-bond donors (Lipinski definition) is 3. The van der Waals surface area contributed by atoms with E-state index < -0.39 is 68.7 Å². The Balaban J connectivity index is 1.07. The number of nitrogens with zero attached hydrogens (tertiary/aromatic N) is 2. The van der Waals surface area contributed by atoms with Crippen molar-refractivity contribution in [1.29, 1.82) is 0 Å². The average molecular weight is 858 g/mol. The van der Waals surface area contributed by atoms with Gasteiger partial charge in [0.1, 0.15) is 52.4 Å². The molecule has 2 aromatic carbocycles. The Hall–Kier alpha value is -5.58. The first-order chi connectivity index (χ1) is 29.5. The highest BCUT2D eigenvalue weighted by Crippen LogP contribution is 2.47. The molecule has 16 nitrogen and oxygen atoms in total. The van der Waals surface area contributed by atoms with Gasteiger partial charge in [-0.3, -0.25) is 19.1 Å². The fourth-order valence-electron chi connectivity index (χ4n) is 9.09. The van der Waals surface area contributed by atoms with Gasteiger partial charge in [0, 0.05) is 35.2 Å². The molecular weight excluding hydrogens is 807 g/mol. The van der Waals surface area contributed by atoms with Gasteiger partial charge in [0.2, 0.25) is 21.8 Å². The van der Waals surface area contributed by atoms with Gasteiger partial charge in [-0.2, -0.15) is 0 Å². The standard InChI is InChI=1S/C44H51N5O11S/c1-56-27-14-18-31-34(20-27)45-37-32-19-15-28(57-2)22-36(32)60-39(37)38(31)58-29-21-35-40(50)47-44(42(52)48-61(54,55)30-16-17-30)23-25(44)10-6-4-3-5-7-13-33(41(51)49(35)24-29)46-43(53)59-26-11-8-9-12-26/h6,10,14-15,18-20,22,25-26,29-30,33,35H,3-5,7-9,11-13,16-17,21,23-24H2,1-2H3,(H,46,53)(H,47,50)(H,48,52)/t25-,29-,33+,35+,44-/m1/s1. The summed E-state index contributed by atoms with van der Waals surface area (Å²) in [6.45, 7) is -0.0547. The molecule has 5 atom stereocenters. The topological polar surface area (TPSA) is 205 Å². The normalized spacial score (nSPS) is 26.2. The van der Waals surface area contributed by atoms with Crippen LogP contribution in [0.3, 0.4) is 0 Å². The van der Waals surface area contributed by atoms with Gasteiger partial charge in [-0.05, 0) is 88.5 Å². The second-order valence-corrected chi connectivity index (χ2v) is 18.9. The van der Waals surface area contributed by atoms with Crippen LogP contribution in [0.1, 0.15) is 83.5 Å². The first kappa shape index (κ1) is 40.8. The number of sulfonamides is 1. The van der Waals surface area contributed by atoms with Crippen LogP contribution < -0.4 is 29.6 Å². The van der Waals surface area contributed by atoms with E-state index in [1.165, 1.54) is 4.90 Å². The Labute approximate surface area is 353 Å². The van der Waals surface area contributed by atoms with E-state index in [0.29, 0.717) is 76.9 Å². The van der Waals surface area contributed by atoms with Gasteiger partial charge in [-0.15, -0.1) is 0 Å². The summed E-state index contributed by atoms with van der Waals surface area (Å²) in [5, 5.41) is 6.43. The minimum atomic E-state index is -3.92. The van der Waals surface area contributed by atoms with E-state index in [-0.39, 0.29) is 25.5 Å². The molecule has 1 saturated heterocycles. The van der Waals surface area contributed by atoms with Crippen LogP contribution in [0.15, 0.2) is 53.0 Å². The molecule has 2 aliphatic heterocycles. The summed E-state index contributed by atoms with van der Waals surface area (Å²) in [5.74, 6) is -0.862. The maximum atomic E-state index is 14.8. The number of rotatable bonds is 9. The van der Waals surface area contributed by atoms with E-state index in [4.69, 9.17) is 28.3 Å². The number of methoxy groups -OCH3 is 2. The van der Waals surface area contributed by atoms with E-state index in [0.717, 1.165) is 43.9 Å². The number of hydrogen-bond acceptors (Lipinski definition) is 12. The number of aromatic nitrogens is 1. The van der Waals surface area contributed by atoms with Crippen molar-refractivity contribution in [2.24, 2.45) is 5.92 Å². The van der Waals surface area contributed by atoms with Crippen molar-refractivity contribution in [3.05, 3.63) is 48.6 Å². The molecule has 324 valence electrons. The molecule has 61 heavy (non-hydrogen) atoms. The lowest BCUT2D eigenvalue weighted by Gasteiger charge is -2.30. The maximum Gasteiger partial charge on any atom is 0.408 e. The van der Waals surface area contributed by atoms with Crippen molar-refractivity contribution < 1.29 is 51.0 Å². The van der Waals surface area contributed by atoms with E-state index in [1.807, 2.05) is 30.4 Å². The van der Waals surface area contributed by atoms with Gasteiger partial charge < -0.3 is 38.9 Å². The molecule has 0 radical (unpaired) electrons. The summed E-state index contributed by atoms with van der Waals surface area (Å²) >= 11 is 0. The average Bonchev–Trinajstić information content (AvgIpc) is 4.06. The Morgan fingerprint density at radius 3 is 2.41 bits per heavy atom. The number of nitrogens with one attached hydrogen (secondary N) is 3. The lowest BCUT2D eigenvalue weighted by atomic mass is 10.0. The van der Waals surface area contributed by atoms with Crippen molar-refractivity contribution in [1.82, 2.24) is 25.2 Å². The van der Waals surface area contributed by atoms with Gasteiger partial charge in [-0.1, -0.05) is 25.0 Å². The number of allylic oxidation sites excluding steroid dienone is 1. The third kappa shape index (κ3) is 8.15. The molecule has 2 aromatic heterocycles. The number of alkyl carbamates (subject to hydrolysis) is 1. The summed E-state index contributed by atoms with van der Waals surface area (Å²) in [5.41, 5.74) is 0.432. The number of amides is 4. The van der Waals surface area contributed by atoms with E-state index in [1.54, 1.807) is 32.4 Å². The molecule has 9 rings (SSSR count). The molecule has 4 aromatic rings. The molecule has 3 aliphatic carbocycles. The number of benzene rings is 2. The molecule has 4 fully saturated rings. The predicted molar refractivity (Wildman–Crippen MR) is 224 cm³/mol. The van der Waals surface area contributed by atoms with Crippen molar-refractivity contribution >= 4 is 66.8 Å². The first-order valence-electron chi connectivity index (χ1n) is 21.3.